The smallest absolute Gasteiger partial charge is 0.228 e. The van der Waals surface area contributed by atoms with E-state index in [1.807, 2.05) is 18.3 Å². The number of hydrogen-bond donors (Lipinski definition) is 0. The van der Waals surface area contributed by atoms with E-state index in [4.69, 9.17) is 14.5 Å². The second-order valence-corrected chi connectivity index (χ2v) is 14.8. The molecule has 0 N–H and O–H groups in total. The summed E-state index contributed by atoms with van der Waals surface area (Å²) in [5.41, 5.74) is 6.40. The van der Waals surface area contributed by atoms with Crippen molar-refractivity contribution < 1.29 is 9.47 Å². The minimum absolute atomic E-state index is 0.373. The number of likely N-dealkylation sites (N-methyl/N-ethyl adjacent to an activating group) is 1. The molecular formula is C49H38N2O2. The van der Waals surface area contributed by atoms with Crippen LogP contribution in [0.1, 0.15) is 47.2 Å². The first-order chi connectivity index (χ1) is 25.9. The predicted octanol–water partition coefficient (Wildman–Crippen LogP) is 11.7. The summed E-state index contributed by atoms with van der Waals surface area (Å²) < 4.78 is 14.7. The highest BCUT2D eigenvalue weighted by atomic mass is 16.5. The van der Waals surface area contributed by atoms with Crippen LogP contribution in [-0.4, -0.2) is 19.0 Å². The summed E-state index contributed by atoms with van der Waals surface area (Å²) in [5, 5.41) is 4.48. The van der Waals surface area contributed by atoms with Gasteiger partial charge >= 0.3 is 0 Å². The molecule has 0 saturated heterocycles. The Morgan fingerprint density at radius 2 is 1.17 bits per heavy atom. The highest BCUT2D eigenvalue weighted by molar-refractivity contribution is 6.03. The van der Waals surface area contributed by atoms with Gasteiger partial charge < -0.3 is 14.4 Å². The van der Waals surface area contributed by atoms with Crippen LogP contribution in [0.15, 0.2) is 157 Å². The Hall–Kier alpha value is -6.39. The summed E-state index contributed by atoms with van der Waals surface area (Å²) in [7, 11) is 2.11. The highest BCUT2D eigenvalue weighted by Gasteiger charge is 2.58. The summed E-state index contributed by atoms with van der Waals surface area (Å²) in [6.45, 7) is 4.50. The van der Waals surface area contributed by atoms with Crippen molar-refractivity contribution in [2.24, 2.45) is 4.99 Å². The molecule has 0 radical (unpaired) electrons. The lowest BCUT2D eigenvalue weighted by Gasteiger charge is -2.45. The van der Waals surface area contributed by atoms with Crippen molar-refractivity contribution in [2.75, 3.05) is 11.9 Å². The molecule has 3 heterocycles. The molecule has 0 amide bonds. The van der Waals surface area contributed by atoms with Crippen molar-refractivity contribution in [3.63, 3.8) is 0 Å². The summed E-state index contributed by atoms with van der Waals surface area (Å²) in [5.74, 6) is 1.61. The Bertz CT molecular complexity index is 2630. The summed E-state index contributed by atoms with van der Waals surface area (Å²) in [6, 6.07) is 51.0. The average molecular weight is 687 g/mol. The molecule has 1 unspecified atom stereocenters. The zero-order valence-corrected chi connectivity index (χ0v) is 30.0. The van der Waals surface area contributed by atoms with Crippen LogP contribution in [0.3, 0.4) is 0 Å². The van der Waals surface area contributed by atoms with Crippen molar-refractivity contribution in [1.82, 2.24) is 0 Å². The van der Waals surface area contributed by atoms with Crippen LogP contribution in [0.5, 0.6) is 11.5 Å². The molecule has 0 bridgehead atoms. The minimum atomic E-state index is -0.810. The summed E-state index contributed by atoms with van der Waals surface area (Å²) >= 11 is 0. The SMILES string of the molecule is CN1c2ccccc2C(C)(C)C12C=Nc1c(c(/C=C\c3cc4ccccc4c4c3OC(c3ccccc3)(c3ccccc3)C=C4)cc3ccccc13)O2. The van der Waals surface area contributed by atoms with E-state index in [9.17, 15) is 0 Å². The zero-order chi connectivity index (χ0) is 35.8. The number of fused-ring (bicyclic) bond motifs is 7. The fourth-order valence-electron chi connectivity index (χ4n) is 8.76. The molecule has 256 valence electrons. The lowest BCUT2D eigenvalue weighted by Crippen LogP contribution is -2.61. The molecule has 7 aromatic rings. The van der Waals surface area contributed by atoms with E-state index in [1.165, 1.54) is 5.56 Å². The molecule has 4 heteroatoms. The van der Waals surface area contributed by atoms with Crippen LogP contribution in [0, 0.1) is 0 Å². The fraction of sp³-hybridized carbons (Fsp3) is 0.122. The standard InChI is InChI=1S/C49H38N2O2/c1-47(2)42-24-14-15-25-43(42)51(3)49(47)32-50-44-40-23-13-11-17-34(40)31-36(46(44)53-49)27-26-35-30-33-16-10-12-22-39(33)41-28-29-48(52-45(35)41,37-18-6-4-7-19-37)38-20-8-5-9-21-38/h4-32H,1-3H3/b27-26-. The van der Waals surface area contributed by atoms with Crippen LogP contribution in [0.2, 0.25) is 0 Å². The van der Waals surface area contributed by atoms with E-state index in [1.54, 1.807) is 0 Å². The van der Waals surface area contributed by atoms with E-state index in [2.05, 4.69) is 184 Å². The second-order valence-electron chi connectivity index (χ2n) is 14.8. The lowest BCUT2D eigenvalue weighted by atomic mass is 9.77. The van der Waals surface area contributed by atoms with Gasteiger partial charge in [-0.3, -0.25) is 4.99 Å². The molecule has 1 spiro atoms. The Labute approximate surface area is 310 Å². The molecule has 7 aromatic carbocycles. The number of nitrogens with zero attached hydrogens (tertiary/aromatic N) is 2. The van der Waals surface area contributed by atoms with Crippen molar-refractivity contribution in [3.05, 3.63) is 185 Å². The normalized spacial score (nSPS) is 18.9. The second kappa shape index (κ2) is 11.6. The number of aliphatic imine (C=N–C) groups is 1. The third-order valence-electron chi connectivity index (χ3n) is 11.6. The maximum absolute atomic E-state index is 7.36. The van der Waals surface area contributed by atoms with Crippen molar-refractivity contribution in [1.29, 1.82) is 0 Å². The lowest BCUT2D eigenvalue weighted by molar-refractivity contribution is 0.0824. The van der Waals surface area contributed by atoms with Crippen LogP contribution in [-0.2, 0) is 11.0 Å². The van der Waals surface area contributed by atoms with Crippen molar-refractivity contribution in [2.45, 2.75) is 30.6 Å². The molecule has 4 nitrogen and oxygen atoms in total. The highest BCUT2D eigenvalue weighted by Crippen LogP contribution is 2.55. The Balaban J connectivity index is 1.15. The molecule has 0 aliphatic carbocycles. The van der Waals surface area contributed by atoms with Gasteiger partial charge in [0.25, 0.3) is 0 Å². The first-order valence-electron chi connectivity index (χ1n) is 18.3. The summed E-state index contributed by atoms with van der Waals surface area (Å²) in [6.07, 6.45) is 10.8. The van der Waals surface area contributed by atoms with Gasteiger partial charge in [-0.1, -0.05) is 140 Å². The number of ether oxygens (including phenoxy) is 2. The van der Waals surface area contributed by atoms with Crippen LogP contribution in [0.4, 0.5) is 11.4 Å². The van der Waals surface area contributed by atoms with Crippen LogP contribution >= 0.6 is 0 Å². The monoisotopic (exact) mass is 686 g/mol. The third kappa shape index (κ3) is 4.51. The maximum atomic E-state index is 7.36. The van der Waals surface area contributed by atoms with Gasteiger partial charge in [-0.25, -0.2) is 0 Å². The zero-order valence-electron chi connectivity index (χ0n) is 30.0. The van der Waals surface area contributed by atoms with E-state index < -0.39 is 11.3 Å². The average Bonchev–Trinajstić information content (AvgIpc) is 3.37. The number of hydrogen-bond acceptors (Lipinski definition) is 4. The minimum Gasteiger partial charge on any atom is -0.472 e. The van der Waals surface area contributed by atoms with E-state index >= 15 is 0 Å². The number of rotatable bonds is 4. The van der Waals surface area contributed by atoms with Gasteiger partial charge in [-0.05, 0) is 65.9 Å². The van der Waals surface area contributed by atoms with Gasteiger partial charge in [0.2, 0.25) is 5.72 Å². The number of anilines is 1. The third-order valence-corrected chi connectivity index (χ3v) is 11.6. The predicted molar refractivity (Wildman–Crippen MR) is 220 cm³/mol. The van der Waals surface area contributed by atoms with Crippen LogP contribution < -0.4 is 14.4 Å². The molecule has 10 rings (SSSR count). The van der Waals surface area contributed by atoms with E-state index in [0.29, 0.717) is 0 Å². The molecule has 3 aliphatic rings. The summed E-state index contributed by atoms with van der Waals surface area (Å²) in [4.78, 5) is 7.48. The molecule has 0 fully saturated rings. The van der Waals surface area contributed by atoms with Gasteiger partial charge in [0.15, 0.2) is 11.4 Å². The molecular weight excluding hydrogens is 649 g/mol. The van der Waals surface area contributed by atoms with Gasteiger partial charge in [0.05, 0.1) is 11.6 Å². The largest absolute Gasteiger partial charge is 0.472 e. The molecule has 53 heavy (non-hydrogen) atoms. The molecule has 0 aromatic heterocycles. The quantitative estimate of drug-likeness (QED) is 0.173. The molecule has 3 aliphatic heterocycles. The van der Waals surface area contributed by atoms with Gasteiger partial charge in [-0.2, -0.15) is 0 Å². The first kappa shape index (κ1) is 31.4. The van der Waals surface area contributed by atoms with E-state index in [0.717, 1.165) is 72.2 Å². The van der Waals surface area contributed by atoms with Gasteiger partial charge in [0.1, 0.15) is 11.4 Å². The van der Waals surface area contributed by atoms with Crippen molar-refractivity contribution in [3.8, 4) is 11.5 Å². The Morgan fingerprint density at radius 3 is 1.85 bits per heavy atom. The maximum Gasteiger partial charge on any atom is 0.228 e. The fourth-order valence-corrected chi connectivity index (χ4v) is 8.76. The Morgan fingerprint density at radius 1 is 0.604 bits per heavy atom. The topological polar surface area (TPSA) is 34.1 Å². The van der Waals surface area contributed by atoms with Gasteiger partial charge in [0, 0.05) is 45.9 Å². The number of benzene rings is 7. The first-order valence-corrected chi connectivity index (χ1v) is 18.3. The van der Waals surface area contributed by atoms with Gasteiger partial charge in [-0.15, -0.1) is 0 Å². The number of para-hydroxylation sites is 1. The van der Waals surface area contributed by atoms with E-state index in [-0.39, 0.29) is 5.41 Å². The molecule has 0 saturated carbocycles. The molecule has 1 atom stereocenters. The van der Waals surface area contributed by atoms with Crippen LogP contribution in [0.25, 0.3) is 39.8 Å². The Kier molecular flexibility index (Phi) is 6.84. The van der Waals surface area contributed by atoms with Crippen molar-refractivity contribution >= 4 is 57.4 Å².